The molecule has 0 aliphatic rings. The standard InChI is InChI=1S/C13H21N3O2S/c1-9-10(2)15-16-12(11(9)13(17)18)14-7-5-4-6-8-19-3/h4-8H2,1-3H3,(H,14,16)(H,17,18). The van der Waals surface area contributed by atoms with Crippen LogP contribution in [0, 0.1) is 13.8 Å². The van der Waals surface area contributed by atoms with Gasteiger partial charge in [-0.2, -0.15) is 16.9 Å². The Morgan fingerprint density at radius 2 is 2.00 bits per heavy atom. The zero-order chi connectivity index (χ0) is 14.3. The number of thioether (sulfide) groups is 1. The molecule has 0 fully saturated rings. The van der Waals surface area contributed by atoms with Gasteiger partial charge >= 0.3 is 5.97 Å². The summed E-state index contributed by atoms with van der Waals surface area (Å²) >= 11 is 1.85. The summed E-state index contributed by atoms with van der Waals surface area (Å²) in [6.07, 6.45) is 5.43. The summed E-state index contributed by atoms with van der Waals surface area (Å²) in [7, 11) is 0. The second-order valence-electron chi connectivity index (χ2n) is 4.42. The van der Waals surface area contributed by atoms with Gasteiger partial charge in [0, 0.05) is 6.54 Å². The van der Waals surface area contributed by atoms with Gasteiger partial charge in [-0.05, 0) is 44.3 Å². The van der Waals surface area contributed by atoms with Crippen molar-refractivity contribution < 1.29 is 9.90 Å². The third-order valence-electron chi connectivity index (χ3n) is 2.99. The normalized spacial score (nSPS) is 10.5. The Labute approximate surface area is 118 Å². The van der Waals surface area contributed by atoms with Crippen LogP contribution in [0.25, 0.3) is 0 Å². The fourth-order valence-corrected chi connectivity index (χ4v) is 2.24. The highest BCUT2D eigenvalue weighted by Crippen LogP contribution is 2.18. The first-order valence-corrected chi connectivity index (χ1v) is 7.77. The zero-order valence-corrected chi connectivity index (χ0v) is 12.5. The number of aryl methyl sites for hydroxylation is 1. The Hall–Kier alpha value is -1.30. The molecule has 6 heteroatoms. The van der Waals surface area contributed by atoms with Gasteiger partial charge in [-0.3, -0.25) is 0 Å². The third-order valence-corrected chi connectivity index (χ3v) is 3.68. The smallest absolute Gasteiger partial charge is 0.339 e. The number of carbonyl (C=O) groups is 1. The molecule has 1 rings (SSSR count). The molecule has 0 unspecified atom stereocenters. The van der Waals surface area contributed by atoms with E-state index in [0.29, 0.717) is 17.1 Å². The molecule has 0 aromatic carbocycles. The van der Waals surface area contributed by atoms with Crippen molar-refractivity contribution in [3.63, 3.8) is 0 Å². The van der Waals surface area contributed by atoms with E-state index in [2.05, 4.69) is 21.8 Å². The minimum atomic E-state index is -0.958. The van der Waals surface area contributed by atoms with Crippen molar-refractivity contribution in [2.45, 2.75) is 33.1 Å². The average molecular weight is 283 g/mol. The van der Waals surface area contributed by atoms with Gasteiger partial charge in [0.05, 0.1) is 5.69 Å². The molecule has 0 aliphatic carbocycles. The summed E-state index contributed by atoms with van der Waals surface area (Å²) in [5.74, 6) is 0.588. The molecule has 1 aromatic heterocycles. The average Bonchev–Trinajstić information content (AvgIpc) is 2.37. The van der Waals surface area contributed by atoms with Crippen molar-refractivity contribution in [3.8, 4) is 0 Å². The van der Waals surface area contributed by atoms with E-state index in [4.69, 9.17) is 0 Å². The van der Waals surface area contributed by atoms with Gasteiger partial charge < -0.3 is 10.4 Å². The number of hydrogen-bond donors (Lipinski definition) is 2. The lowest BCUT2D eigenvalue weighted by Crippen LogP contribution is -2.13. The van der Waals surface area contributed by atoms with E-state index in [1.54, 1.807) is 13.8 Å². The van der Waals surface area contributed by atoms with Crippen LogP contribution in [-0.4, -0.2) is 39.8 Å². The van der Waals surface area contributed by atoms with Crippen molar-refractivity contribution >= 4 is 23.5 Å². The Morgan fingerprint density at radius 3 is 2.63 bits per heavy atom. The molecule has 0 aliphatic heterocycles. The maximum absolute atomic E-state index is 11.3. The van der Waals surface area contributed by atoms with Crippen LogP contribution in [0.4, 0.5) is 5.82 Å². The first-order valence-electron chi connectivity index (χ1n) is 6.38. The van der Waals surface area contributed by atoms with E-state index in [0.717, 1.165) is 19.4 Å². The Kier molecular flexibility index (Phi) is 6.62. The second-order valence-corrected chi connectivity index (χ2v) is 5.41. The van der Waals surface area contributed by atoms with E-state index in [-0.39, 0.29) is 5.56 Å². The minimum absolute atomic E-state index is 0.233. The van der Waals surface area contributed by atoms with Crippen molar-refractivity contribution in [2.24, 2.45) is 0 Å². The van der Waals surface area contributed by atoms with Crippen molar-refractivity contribution in [1.82, 2.24) is 10.2 Å². The summed E-state index contributed by atoms with van der Waals surface area (Å²) in [6, 6.07) is 0. The summed E-state index contributed by atoms with van der Waals surface area (Å²) in [5, 5.41) is 20.2. The molecule has 0 saturated carbocycles. The quantitative estimate of drug-likeness (QED) is 0.715. The Bertz CT molecular complexity index is 438. The minimum Gasteiger partial charge on any atom is -0.478 e. The van der Waals surface area contributed by atoms with Crippen LogP contribution >= 0.6 is 11.8 Å². The van der Waals surface area contributed by atoms with Gasteiger partial charge in [0.1, 0.15) is 5.56 Å². The molecule has 0 spiro atoms. The number of anilines is 1. The molecule has 106 valence electrons. The molecule has 0 amide bonds. The van der Waals surface area contributed by atoms with Gasteiger partial charge in [-0.25, -0.2) is 4.79 Å². The van der Waals surface area contributed by atoms with Crippen molar-refractivity contribution in [1.29, 1.82) is 0 Å². The highest BCUT2D eigenvalue weighted by Gasteiger charge is 2.17. The molecule has 0 bridgehead atoms. The maximum atomic E-state index is 11.3. The number of aromatic nitrogens is 2. The molecule has 19 heavy (non-hydrogen) atoms. The van der Waals surface area contributed by atoms with E-state index >= 15 is 0 Å². The van der Waals surface area contributed by atoms with Crippen LogP contribution < -0.4 is 5.32 Å². The van der Waals surface area contributed by atoms with Crippen molar-refractivity contribution in [2.75, 3.05) is 23.9 Å². The SMILES string of the molecule is CSCCCCCNc1nnc(C)c(C)c1C(=O)O. The number of nitrogens with zero attached hydrogens (tertiary/aromatic N) is 2. The number of aromatic carboxylic acids is 1. The van der Waals surface area contributed by atoms with Crippen LogP contribution in [0.3, 0.4) is 0 Å². The molecular formula is C13H21N3O2S. The van der Waals surface area contributed by atoms with Gasteiger partial charge in [0.25, 0.3) is 0 Å². The molecule has 2 N–H and O–H groups in total. The van der Waals surface area contributed by atoms with E-state index in [1.807, 2.05) is 11.8 Å². The van der Waals surface area contributed by atoms with Crippen LogP contribution in [0.1, 0.15) is 40.9 Å². The number of carboxylic acids is 1. The predicted molar refractivity (Wildman–Crippen MR) is 79.2 cm³/mol. The lowest BCUT2D eigenvalue weighted by Gasteiger charge is -2.11. The first-order chi connectivity index (χ1) is 9.07. The van der Waals surface area contributed by atoms with E-state index in [1.165, 1.54) is 12.2 Å². The zero-order valence-electron chi connectivity index (χ0n) is 11.7. The van der Waals surface area contributed by atoms with Gasteiger partial charge in [-0.15, -0.1) is 5.10 Å². The lowest BCUT2D eigenvalue weighted by atomic mass is 10.1. The molecular weight excluding hydrogens is 262 g/mol. The predicted octanol–water partition coefficient (Wildman–Crippen LogP) is 2.74. The largest absolute Gasteiger partial charge is 0.478 e. The highest BCUT2D eigenvalue weighted by atomic mass is 32.2. The molecule has 5 nitrogen and oxygen atoms in total. The third kappa shape index (κ3) is 4.70. The highest BCUT2D eigenvalue weighted by molar-refractivity contribution is 7.98. The second kappa shape index (κ2) is 7.99. The number of hydrogen-bond acceptors (Lipinski definition) is 5. The van der Waals surface area contributed by atoms with Crippen LogP contribution in [0.15, 0.2) is 0 Å². The summed E-state index contributed by atoms with van der Waals surface area (Å²) < 4.78 is 0. The molecule has 1 aromatic rings. The molecule has 0 radical (unpaired) electrons. The topological polar surface area (TPSA) is 75.1 Å². The number of unbranched alkanes of at least 4 members (excludes halogenated alkanes) is 2. The maximum Gasteiger partial charge on any atom is 0.339 e. The van der Waals surface area contributed by atoms with Gasteiger partial charge in [0.15, 0.2) is 5.82 Å². The molecule has 1 heterocycles. The Morgan fingerprint density at radius 1 is 1.26 bits per heavy atom. The number of carboxylic acid groups (broad SMARTS) is 1. The van der Waals surface area contributed by atoms with Crippen molar-refractivity contribution in [3.05, 3.63) is 16.8 Å². The van der Waals surface area contributed by atoms with Gasteiger partial charge in [-0.1, -0.05) is 6.42 Å². The molecule has 0 atom stereocenters. The molecule has 0 saturated heterocycles. The van der Waals surface area contributed by atoms with Crippen LogP contribution in [0.5, 0.6) is 0 Å². The first kappa shape index (κ1) is 15.8. The fraction of sp³-hybridized carbons (Fsp3) is 0.615. The van der Waals surface area contributed by atoms with E-state index in [9.17, 15) is 9.90 Å². The van der Waals surface area contributed by atoms with Crippen LogP contribution in [-0.2, 0) is 0 Å². The summed E-state index contributed by atoms with van der Waals surface area (Å²) in [5.41, 5.74) is 1.56. The Balaban J connectivity index is 2.58. The number of rotatable bonds is 8. The summed E-state index contributed by atoms with van der Waals surface area (Å²) in [6.45, 7) is 4.25. The summed E-state index contributed by atoms with van der Waals surface area (Å²) in [4.78, 5) is 11.3. The van der Waals surface area contributed by atoms with Crippen LogP contribution in [0.2, 0.25) is 0 Å². The lowest BCUT2D eigenvalue weighted by molar-refractivity contribution is 0.0696. The van der Waals surface area contributed by atoms with E-state index < -0.39 is 5.97 Å². The monoisotopic (exact) mass is 283 g/mol. The van der Waals surface area contributed by atoms with Gasteiger partial charge in [0.2, 0.25) is 0 Å². The number of nitrogens with one attached hydrogen (secondary N) is 1. The fourth-order valence-electron chi connectivity index (χ4n) is 1.75.